The molecule has 3 N–H and O–H groups in total. The lowest BCUT2D eigenvalue weighted by molar-refractivity contribution is 0.258. The van der Waals surface area contributed by atoms with E-state index in [1.165, 1.54) is 16.1 Å². The number of hydrogen-bond donors (Lipinski definition) is 2. The van der Waals surface area contributed by atoms with E-state index in [9.17, 15) is 8.42 Å². The lowest BCUT2D eigenvalue weighted by Crippen LogP contribution is -2.39. The van der Waals surface area contributed by atoms with E-state index >= 15 is 0 Å². The first-order valence-electron chi connectivity index (χ1n) is 6.96. The van der Waals surface area contributed by atoms with E-state index in [4.69, 9.17) is 10.8 Å². The van der Waals surface area contributed by atoms with E-state index < -0.39 is 10.0 Å². The molecule has 0 heterocycles. The van der Waals surface area contributed by atoms with Crippen molar-refractivity contribution in [3.63, 3.8) is 0 Å². The van der Waals surface area contributed by atoms with Gasteiger partial charge < -0.3 is 10.8 Å². The molecule has 1 rings (SSSR count). The summed E-state index contributed by atoms with van der Waals surface area (Å²) in [5, 5.41) is 8.88. The van der Waals surface area contributed by atoms with Crippen molar-refractivity contribution in [2.24, 2.45) is 0 Å². The van der Waals surface area contributed by atoms with Gasteiger partial charge in [-0.25, -0.2) is 8.42 Å². The maximum Gasteiger partial charge on any atom is 0.215 e. The van der Waals surface area contributed by atoms with Gasteiger partial charge in [0.2, 0.25) is 10.0 Å². The van der Waals surface area contributed by atoms with E-state index in [0.29, 0.717) is 24.4 Å². The number of aliphatic hydroxyl groups is 1. The van der Waals surface area contributed by atoms with Gasteiger partial charge in [-0.2, -0.15) is 4.31 Å². The zero-order chi connectivity index (χ0) is 15.9. The van der Waals surface area contributed by atoms with Crippen LogP contribution in [0.1, 0.15) is 20.3 Å². The van der Waals surface area contributed by atoms with Crippen LogP contribution in [0.15, 0.2) is 29.2 Å². The summed E-state index contributed by atoms with van der Waals surface area (Å²) in [7, 11) is -3.32. The lowest BCUT2D eigenvalue weighted by Gasteiger charge is -2.25. The Morgan fingerprint density at radius 1 is 1.33 bits per heavy atom. The number of aliphatic hydroxyl groups excluding tert-OH is 1. The van der Waals surface area contributed by atoms with Gasteiger partial charge in [0.15, 0.2) is 0 Å². The summed E-state index contributed by atoms with van der Waals surface area (Å²) in [5.41, 5.74) is 6.50. The van der Waals surface area contributed by atoms with Gasteiger partial charge in [0.25, 0.3) is 0 Å². The Morgan fingerprint density at radius 3 is 2.57 bits per heavy atom. The van der Waals surface area contributed by atoms with Crippen LogP contribution in [0.5, 0.6) is 0 Å². The van der Waals surface area contributed by atoms with Crippen LogP contribution in [0.4, 0.5) is 5.69 Å². The molecule has 5 nitrogen and oxygen atoms in total. The van der Waals surface area contributed by atoms with Crippen molar-refractivity contribution >= 4 is 27.5 Å². The van der Waals surface area contributed by atoms with Crippen LogP contribution < -0.4 is 5.73 Å². The van der Waals surface area contributed by atoms with Crippen LogP contribution in [-0.2, 0) is 10.0 Å². The molecule has 21 heavy (non-hydrogen) atoms. The predicted molar refractivity (Wildman–Crippen MR) is 88.9 cm³/mol. The molecule has 0 bridgehead atoms. The average Bonchev–Trinajstić information content (AvgIpc) is 2.40. The molecule has 1 aromatic carbocycles. The highest BCUT2D eigenvalue weighted by Crippen LogP contribution is 2.24. The highest BCUT2D eigenvalue weighted by Gasteiger charge is 2.24. The molecule has 7 heteroatoms. The number of nitrogen functional groups attached to an aromatic ring is 1. The number of anilines is 1. The van der Waals surface area contributed by atoms with Crippen molar-refractivity contribution in [2.45, 2.75) is 31.2 Å². The number of thioether (sulfide) groups is 1. The molecule has 0 aliphatic carbocycles. The Balaban J connectivity index is 2.60. The van der Waals surface area contributed by atoms with Crippen LogP contribution in [0, 0.1) is 0 Å². The first-order valence-corrected chi connectivity index (χ1v) is 9.55. The normalized spacial score (nSPS) is 12.2. The number of hydrogen-bond acceptors (Lipinski definition) is 5. The summed E-state index contributed by atoms with van der Waals surface area (Å²) >= 11 is 1.45. The molecule has 0 aliphatic heterocycles. The molecule has 0 atom stereocenters. The SMILES string of the molecule is CC(C)N(CCCO)S(=O)(=O)CCSc1ccccc1N. The van der Waals surface area contributed by atoms with Gasteiger partial charge in [0.1, 0.15) is 0 Å². The van der Waals surface area contributed by atoms with Crippen LogP contribution in [-0.4, -0.2) is 48.5 Å². The van der Waals surface area contributed by atoms with E-state index in [0.717, 1.165) is 4.90 Å². The Labute approximate surface area is 131 Å². The maximum absolute atomic E-state index is 12.4. The third-order valence-electron chi connectivity index (χ3n) is 2.99. The smallest absolute Gasteiger partial charge is 0.215 e. The van der Waals surface area contributed by atoms with Crippen LogP contribution in [0.25, 0.3) is 0 Å². The minimum absolute atomic E-state index is 0.00591. The third kappa shape index (κ3) is 5.86. The summed E-state index contributed by atoms with van der Waals surface area (Å²) < 4.78 is 26.2. The molecule has 0 saturated heterocycles. The van der Waals surface area contributed by atoms with Gasteiger partial charge in [-0.1, -0.05) is 12.1 Å². The van der Waals surface area contributed by atoms with Crippen LogP contribution in [0.2, 0.25) is 0 Å². The fourth-order valence-corrected chi connectivity index (χ4v) is 5.02. The molecule has 0 aromatic heterocycles. The maximum atomic E-state index is 12.4. The largest absolute Gasteiger partial charge is 0.398 e. The minimum atomic E-state index is -3.32. The summed E-state index contributed by atoms with van der Waals surface area (Å²) in [6.45, 7) is 4.04. The number of nitrogens with zero attached hydrogens (tertiary/aromatic N) is 1. The van der Waals surface area contributed by atoms with Gasteiger partial charge in [-0.3, -0.25) is 0 Å². The highest BCUT2D eigenvalue weighted by molar-refractivity contribution is 8.00. The molecule has 0 amide bonds. The van der Waals surface area contributed by atoms with Crippen molar-refractivity contribution in [3.8, 4) is 0 Å². The van der Waals surface area contributed by atoms with E-state index in [2.05, 4.69) is 0 Å². The molecule has 0 fully saturated rings. The minimum Gasteiger partial charge on any atom is -0.398 e. The first kappa shape index (κ1) is 18.3. The fraction of sp³-hybridized carbons (Fsp3) is 0.571. The monoisotopic (exact) mass is 332 g/mol. The first-order chi connectivity index (χ1) is 9.88. The van der Waals surface area contributed by atoms with Gasteiger partial charge in [-0.15, -0.1) is 11.8 Å². The van der Waals surface area contributed by atoms with Gasteiger partial charge >= 0.3 is 0 Å². The molecule has 0 aliphatic rings. The second-order valence-corrected chi connectivity index (χ2v) is 8.16. The molecule has 0 saturated carbocycles. The Hall–Kier alpha value is -0.760. The topological polar surface area (TPSA) is 83.6 Å². The lowest BCUT2D eigenvalue weighted by atomic mass is 10.3. The molecule has 1 aromatic rings. The van der Waals surface area contributed by atoms with Crippen molar-refractivity contribution in [1.82, 2.24) is 4.31 Å². The number of nitrogens with two attached hydrogens (primary N) is 1. The number of para-hydroxylation sites is 1. The van der Waals surface area contributed by atoms with Crippen molar-refractivity contribution in [3.05, 3.63) is 24.3 Å². The third-order valence-corrected chi connectivity index (χ3v) is 6.38. The zero-order valence-corrected chi connectivity index (χ0v) is 14.2. The van der Waals surface area contributed by atoms with Gasteiger partial charge in [0, 0.05) is 35.5 Å². The van der Waals surface area contributed by atoms with Crippen LogP contribution >= 0.6 is 11.8 Å². The predicted octanol–water partition coefficient (Wildman–Crippen LogP) is 1.78. The number of benzene rings is 1. The standard InChI is InChI=1S/C14H24N2O3S2/c1-12(2)16(8-5-9-17)21(18,19)11-10-20-14-7-4-3-6-13(14)15/h3-4,6-7,12,17H,5,8-11,15H2,1-2H3. The second-order valence-electron chi connectivity index (χ2n) is 4.98. The summed E-state index contributed by atoms with van der Waals surface area (Å²) in [4.78, 5) is 0.902. The van der Waals surface area contributed by atoms with Gasteiger partial charge in [0.05, 0.1) is 5.75 Å². The van der Waals surface area contributed by atoms with Gasteiger partial charge in [-0.05, 0) is 32.4 Å². The molecule has 0 spiro atoms. The fourth-order valence-electron chi connectivity index (χ4n) is 1.93. The van der Waals surface area contributed by atoms with E-state index in [1.807, 2.05) is 32.0 Å². The molecular weight excluding hydrogens is 308 g/mol. The van der Waals surface area contributed by atoms with E-state index in [-0.39, 0.29) is 18.4 Å². The average molecular weight is 332 g/mol. The van der Waals surface area contributed by atoms with E-state index in [1.54, 1.807) is 6.07 Å². The number of rotatable bonds is 9. The number of sulfonamides is 1. The summed E-state index contributed by atoms with van der Waals surface area (Å²) in [6, 6.07) is 7.32. The van der Waals surface area contributed by atoms with Crippen molar-refractivity contribution < 1.29 is 13.5 Å². The highest BCUT2D eigenvalue weighted by atomic mass is 32.2. The van der Waals surface area contributed by atoms with Crippen molar-refractivity contribution in [1.29, 1.82) is 0 Å². The summed E-state index contributed by atoms with van der Waals surface area (Å²) in [6.07, 6.45) is 0.455. The Bertz CT molecular complexity index is 533. The molecule has 120 valence electrons. The Morgan fingerprint density at radius 2 is 2.00 bits per heavy atom. The molecule has 0 unspecified atom stereocenters. The zero-order valence-electron chi connectivity index (χ0n) is 12.5. The van der Waals surface area contributed by atoms with Crippen LogP contribution in [0.3, 0.4) is 0 Å². The summed E-state index contributed by atoms with van der Waals surface area (Å²) in [5.74, 6) is 0.522. The quantitative estimate of drug-likeness (QED) is 0.532. The molecule has 0 radical (unpaired) electrons. The Kier molecular flexibility index (Phi) is 7.51. The second kappa shape index (κ2) is 8.63. The van der Waals surface area contributed by atoms with Crippen molar-refractivity contribution in [2.75, 3.05) is 30.4 Å². The molecular formula is C14H24N2O3S2.